The van der Waals surface area contributed by atoms with Crippen molar-refractivity contribution in [3.8, 4) is 11.8 Å². The van der Waals surface area contributed by atoms with E-state index in [9.17, 15) is 14.0 Å². The summed E-state index contributed by atoms with van der Waals surface area (Å²) in [7, 11) is 0. The minimum absolute atomic E-state index is 0.271. The molecule has 0 unspecified atom stereocenters. The second kappa shape index (κ2) is 8.98. The third-order valence-corrected chi connectivity index (χ3v) is 3.61. The van der Waals surface area contributed by atoms with Crippen LogP contribution in [0.2, 0.25) is 0 Å². The highest BCUT2D eigenvalue weighted by Gasteiger charge is 2.22. The molecule has 0 saturated heterocycles. The maximum atomic E-state index is 13.0. The zero-order chi connectivity index (χ0) is 21.6. The normalized spacial score (nSPS) is 10.3. The first-order valence-electron chi connectivity index (χ1n) is 8.75. The molecule has 148 valence electrons. The Balaban J connectivity index is 0.00000145. The van der Waals surface area contributed by atoms with E-state index in [-0.39, 0.29) is 11.4 Å². The van der Waals surface area contributed by atoms with Crippen molar-refractivity contribution in [1.29, 1.82) is 0 Å². The van der Waals surface area contributed by atoms with Gasteiger partial charge < -0.3 is 4.74 Å². The number of nitrogens with zero attached hydrogens (tertiary/aromatic N) is 2. The van der Waals surface area contributed by atoms with Gasteiger partial charge in [0.1, 0.15) is 11.4 Å². The molecule has 0 aliphatic rings. The fourth-order valence-corrected chi connectivity index (χ4v) is 2.45. The van der Waals surface area contributed by atoms with Crippen molar-refractivity contribution in [3.05, 3.63) is 79.0 Å². The third-order valence-electron chi connectivity index (χ3n) is 3.61. The monoisotopic (exact) mass is 392 g/mol. The molecule has 0 amide bonds. The van der Waals surface area contributed by atoms with Crippen molar-refractivity contribution in [2.24, 2.45) is 0 Å². The smallest absolute Gasteiger partial charge is 0.419 e. The summed E-state index contributed by atoms with van der Waals surface area (Å²) in [5, 5.41) is 0.550. The standard InChI is InChI=1S/C21H17FN2O3.C2H4/c1-21(2,3)27-20(26)24-13-17(16-10-11-23-12-18(16)24)19(25)9-6-14-4-7-15(22)8-5-14;1-2/h4-5,7-8,10-13H,1-3H3;1-2H2. The Morgan fingerprint density at radius 2 is 1.79 bits per heavy atom. The Kier molecular flexibility index (Phi) is 6.68. The van der Waals surface area contributed by atoms with E-state index >= 15 is 0 Å². The number of halogens is 1. The van der Waals surface area contributed by atoms with E-state index in [0.717, 1.165) is 0 Å². The lowest BCUT2D eigenvalue weighted by molar-refractivity contribution is 0.0544. The maximum Gasteiger partial charge on any atom is 0.419 e. The number of ether oxygens (including phenoxy) is 1. The number of carbonyl (C=O) groups excluding carboxylic acids is 2. The van der Waals surface area contributed by atoms with Crippen LogP contribution in [-0.4, -0.2) is 27.0 Å². The van der Waals surface area contributed by atoms with Gasteiger partial charge in [-0.3, -0.25) is 14.3 Å². The Morgan fingerprint density at radius 3 is 2.41 bits per heavy atom. The lowest BCUT2D eigenvalue weighted by Gasteiger charge is -2.19. The van der Waals surface area contributed by atoms with Crippen molar-refractivity contribution in [1.82, 2.24) is 9.55 Å². The fourth-order valence-electron chi connectivity index (χ4n) is 2.45. The molecule has 0 bridgehead atoms. The summed E-state index contributed by atoms with van der Waals surface area (Å²) in [6, 6.07) is 7.17. The fraction of sp³-hybridized carbons (Fsp3) is 0.174. The van der Waals surface area contributed by atoms with Gasteiger partial charge in [-0.1, -0.05) is 5.92 Å². The molecule has 5 nitrogen and oxygen atoms in total. The molecular formula is C23H21FN2O3. The summed E-state index contributed by atoms with van der Waals surface area (Å²) in [6.45, 7) is 11.3. The number of ketones is 1. The molecular weight excluding hydrogens is 371 g/mol. The highest BCUT2D eigenvalue weighted by molar-refractivity contribution is 6.17. The van der Waals surface area contributed by atoms with Crippen molar-refractivity contribution < 1.29 is 18.7 Å². The van der Waals surface area contributed by atoms with E-state index < -0.39 is 17.5 Å². The summed E-state index contributed by atoms with van der Waals surface area (Å²) >= 11 is 0. The Morgan fingerprint density at radius 1 is 1.14 bits per heavy atom. The van der Waals surface area contributed by atoms with Crippen molar-refractivity contribution in [2.45, 2.75) is 26.4 Å². The second-order valence-corrected chi connectivity index (χ2v) is 6.87. The number of carbonyl (C=O) groups is 2. The zero-order valence-corrected chi connectivity index (χ0v) is 16.5. The van der Waals surface area contributed by atoms with Gasteiger partial charge >= 0.3 is 6.09 Å². The van der Waals surface area contributed by atoms with Crippen LogP contribution in [0.3, 0.4) is 0 Å². The molecule has 0 spiro atoms. The van der Waals surface area contributed by atoms with Gasteiger partial charge in [0.15, 0.2) is 0 Å². The number of Topliss-reactive ketones (excluding diaryl/α,β-unsaturated/α-hetero) is 1. The highest BCUT2D eigenvalue weighted by atomic mass is 19.1. The van der Waals surface area contributed by atoms with Crippen LogP contribution in [0.1, 0.15) is 36.7 Å². The molecule has 0 radical (unpaired) electrons. The molecule has 0 N–H and O–H groups in total. The topological polar surface area (TPSA) is 61.2 Å². The third kappa shape index (κ3) is 5.39. The first-order chi connectivity index (χ1) is 13.7. The van der Waals surface area contributed by atoms with Crippen LogP contribution in [0.4, 0.5) is 9.18 Å². The number of aromatic nitrogens is 2. The lowest BCUT2D eigenvalue weighted by atomic mass is 10.1. The van der Waals surface area contributed by atoms with Crippen LogP contribution in [0.25, 0.3) is 10.9 Å². The van der Waals surface area contributed by atoms with E-state index in [2.05, 4.69) is 30.0 Å². The molecule has 29 heavy (non-hydrogen) atoms. The van der Waals surface area contributed by atoms with E-state index in [0.29, 0.717) is 16.5 Å². The van der Waals surface area contributed by atoms with Crippen LogP contribution in [0, 0.1) is 17.7 Å². The van der Waals surface area contributed by atoms with Crippen molar-refractivity contribution in [3.63, 3.8) is 0 Å². The van der Waals surface area contributed by atoms with Crippen molar-refractivity contribution in [2.75, 3.05) is 0 Å². The van der Waals surface area contributed by atoms with E-state index in [1.165, 1.54) is 47.4 Å². The Hall–Kier alpha value is -3.72. The second-order valence-electron chi connectivity index (χ2n) is 6.87. The van der Waals surface area contributed by atoms with Gasteiger partial charge in [0, 0.05) is 23.3 Å². The lowest BCUT2D eigenvalue weighted by Crippen LogP contribution is -2.26. The number of hydrogen-bond donors (Lipinski definition) is 0. The quantitative estimate of drug-likeness (QED) is 0.332. The first kappa shape index (κ1) is 21.6. The minimum Gasteiger partial charge on any atom is -0.443 e. The summed E-state index contributed by atoms with van der Waals surface area (Å²) in [5.74, 6) is 4.40. The summed E-state index contributed by atoms with van der Waals surface area (Å²) in [5.41, 5.74) is 0.566. The largest absolute Gasteiger partial charge is 0.443 e. The molecule has 0 atom stereocenters. The Bertz CT molecular complexity index is 1100. The summed E-state index contributed by atoms with van der Waals surface area (Å²) in [4.78, 5) is 29.1. The van der Waals surface area contributed by atoms with Gasteiger partial charge in [0.2, 0.25) is 5.78 Å². The van der Waals surface area contributed by atoms with Crippen LogP contribution in [0.5, 0.6) is 0 Å². The van der Waals surface area contributed by atoms with Crippen molar-refractivity contribution >= 4 is 22.8 Å². The SMILES string of the molecule is C=C.CC(C)(C)OC(=O)n1cc(C(=O)C#Cc2ccc(F)cc2)c2ccncc21. The zero-order valence-electron chi connectivity index (χ0n) is 16.5. The van der Waals surface area contributed by atoms with Gasteiger partial charge in [-0.2, -0.15) is 0 Å². The molecule has 1 aromatic carbocycles. The average molecular weight is 392 g/mol. The van der Waals surface area contributed by atoms with Gasteiger partial charge in [-0.05, 0) is 57.0 Å². The van der Waals surface area contributed by atoms with E-state index in [4.69, 9.17) is 4.74 Å². The summed E-state index contributed by atoms with van der Waals surface area (Å²) in [6.07, 6.45) is 3.82. The minimum atomic E-state index is -0.678. The molecule has 3 aromatic rings. The molecule has 2 aromatic heterocycles. The predicted molar refractivity (Wildman–Crippen MR) is 110 cm³/mol. The Labute approximate surface area is 168 Å². The molecule has 0 fully saturated rings. The number of rotatable bonds is 1. The number of benzene rings is 1. The number of pyridine rings is 1. The van der Waals surface area contributed by atoms with E-state index in [1.807, 2.05) is 0 Å². The molecule has 0 aliphatic heterocycles. The van der Waals surface area contributed by atoms with Crippen LogP contribution < -0.4 is 0 Å². The van der Waals surface area contributed by atoms with Gasteiger partial charge in [-0.15, -0.1) is 13.2 Å². The molecule has 0 aliphatic carbocycles. The van der Waals surface area contributed by atoms with E-state index in [1.54, 1.807) is 26.8 Å². The molecule has 6 heteroatoms. The van der Waals surface area contributed by atoms with Gasteiger partial charge in [-0.25, -0.2) is 9.18 Å². The average Bonchev–Trinajstić information content (AvgIpc) is 3.08. The highest BCUT2D eigenvalue weighted by Crippen LogP contribution is 2.22. The van der Waals surface area contributed by atoms with Crippen LogP contribution in [-0.2, 0) is 4.74 Å². The molecule has 3 rings (SSSR count). The van der Waals surface area contributed by atoms with Gasteiger partial charge in [0.05, 0.1) is 17.3 Å². The summed E-state index contributed by atoms with van der Waals surface area (Å²) < 4.78 is 19.6. The van der Waals surface area contributed by atoms with Gasteiger partial charge in [0.25, 0.3) is 0 Å². The van der Waals surface area contributed by atoms with Crippen LogP contribution in [0.15, 0.2) is 62.1 Å². The maximum absolute atomic E-state index is 13.0. The number of fused-ring (bicyclic) bond motifs is 1. The molecule has 2 heterocycles. The number of hydrogen-bond acceptors (Lipinski definition) is 4. The first-order valence-corrected chi connectivity index (χ1v) is 8.75. The van der Waals surface area contributed by atoms with Crippen LogP contribution >= 0.6 is 0 Å². The molecule has 0 saturated carbocycles. The predicted octanol–water partition coefficient (Wildman–Crippen LogP) is 5.00.